The summed E-state index contributed by atoms with van der Waals surface area (Å²) in [6, 6.07) is 2.05. The van der Waals surface area contributed by atoms with Gasteiger partial charge in [-0.2, -0.15) is 17.2 Å². The Hall–Kier alpha value is -3.50. The summed E-state index contributed by atoms with van der Waals surface area (Å²) in [5.74, 6) is -11.9. The molecule has 1 fully saturated rings. The number of hydrogen-bond acceptors (Lipinski definition) is 13. The monoisotopic (exact) mass is 794 g/mol. The van der Waals surface area contributed by atoms with E-state index in [4.69, 9.17) is 29.3 Å². The highest BCUT2D eigenvalue weighted by Crippen LogP contribution is 2.37. The molecule has 294 valence electrons. The number of ether oxygens (including phenoxy) is 4. The standard InChI is InChI=1S/C33H42F4N4O10S2/c1-3-6-41(50-4-2)33(43)21-15-24-23(39-25(38)16-21)17-22(52-24)14-20-18-40(19-20)7-9-48-11-13-49-12-10-47-8-5-26(42)51-31-27(34)29(36)32(53(44,45)46)30(37)28(31)35/h15,17,20H,3-14,16,18-19H2,1-2H3,(H2,38,39)(H,44,45,46). The maximum atomic E-state index is 14.0. The Morgan fingerprint density at radius 1 is 1.00 bits per heavy atom. The van der Waals surface area contributed by atoms with Crippen molar-refractivity contribution in [1.82, 2.24) is 9.96 Å². The van der Waals surface area contributed by atoms with Gasteiger partial charge in [-0.15, -0.1) is 11.3 Å². The minimum Gasteiger partial charge on any atom is -0.420 e. The largest absolute Gasteiger partial charge is 0.420 e. The van der Waals surface area contributed by atoms with Crippen LogP contribution >= 0.6 is 11.3 Å². The van der Waals surface area contributed by atoms with Crippen LogP contribution in [-0.2, 0) is 45.2 Å². The first-order valence-electron chi connectivity index (χ1n) is 16.8. The molecule has 0 atom stereocenters. The van der Waals surface area contributed by atoms with Gasteiger partial charge in [0.2, 0.25) is 17.4 Å². The van der Waals surface area contributed by atoms with E-state index in [2.05, 4.69) is 14.6 Å². The van der Waals surface area contributed by atoms with Crippen molar-refractivity contribution in [3.63, 3.8) is 0 Å². The van der Waals surface area contributed by atoms with Crippen LogP contribution in [0.25, 0.3) is 6.08 Å². The van der Waals surface area contributed by atoms with Crippen LogP contribution in [0, 0.1) is 29.2 Å². The second-order valence-electron chi connectivity index (χ2n) is 12.0. The lowest BCUT2D eigenvalue weighted by Gasteiger charge is -2.39. The van der Waals surface area contributed by atoms with Gasteiger partial charge >= 0.3 is 16.1 Å². The number of aliphatic imine (C=N–C) groups is 1. The summed E-state index contributed by atoms with van der Waals surface area (Å²) in [6.07, 6.45) is 3.25. The molecule has 2 aliphatic rings. The normalized spacial score (nSPS) is 15.0. The topological polar surface area (TPSA) is 180 Å². The number of fused-ring (bicyclic) bond motifs is 1. The van der Waals surface area contributed by atoms with E-state index in [0.29, 0.717) is 43.7 Å². The Labute approximate surface area is 308 Å². The Bertz CT molecular complexity index is 1750. The van der Waals surface area contributed by atoms with Crippen molar-refractivity contribution in [1.29, 1.82) is 0 Å². The van der Waals surface area contributed by atoms with Crippen LogP contribution in [0.3, 0.4) is 0 Å². The SMILES string of the molecule is CCCN(OCC)C(=O)C1=Cc2sc(CC3CN(CCOCCOCCOCCC(=O)Oc4c(F)c(F)c(S(=O)(=O)O)c(F)c4F)C3)cc2N=C(N)C1. The Kier molecular flexibility index (Phi) is 15.7. The number of esters is 1. The summed E-state index contributed by atoms with van der Waals surface area (Å²) in [6.45, 7) is 8.37. The van der Waals surface area contributed by atoms with E-state index in [1.807, 2.05) is 26.0 Å². The molecular formula is C33H42F4N4O10S2. The zero-order chi connectivity index (χ0) is 38.7. The number of carbonyl (C=O) groups is 2. The fraction of sp³-hybridized carbons (Fsp3) is 0.545. The molecule has 1 saturated heterocycles. The number of nitrogens with two attached hydrogens (primary N) is 1. The number of carbonyl (C=O) groups excluding carboxylic acids is 2. The summed E-state index contributed by atoms with van der Waals surface area (Å²) < 4.78 is 107. The number of rotatable bonds is 21. The van der Waals surface area contributed by atoms with Gasteiger partial charge in [0.05, 0.1) is 63.2 Å². The summed E-state index contributed by atoms with van der Waals surface area (Å²) in [4.78, 5) is 37.2. The van der Waals surface area contributed by atoms with Crippen molar-refractivity contribution in [3.8, 4) is 5.75 Å². The van der Waals surface area contributed by atoms with Gasteiger partial charge in [-0.3, -0.25) is 19.0 Å². The van der Waals surface area contributed by atoms with Gasteiger partial charge in [0.1, 0.15) is 5.84 Å². The van der Waals surface area contributed by atoms with Gasteiger partial charge in [-0.05, 0) is 37.8 Å². The van der Waals surface area contributed by atoms with Crippen molar-refractivity contribution in [2.24, 2.45) is 16.6 Å². The minimum absolute atomic E-state index is 0.0471. The Balaban J connectivity index is 1.05. The number of nitrogens with zero attached hydrogens (tertiary/aromatic N) is 3. The predicted octanol–water partition coefficient (Wildman–Crippen LogP) is 4.04. The molecule has 2 aromatic rings. The lowest BCUT2D eigenvalue weighted by Crippen LogP contribution is -2.48. The number of likely N-dealkylation sites (tertiary alicyclic amines) is 1. The van der Waals surface area contributed by atoms with Gasteiger partial charge in [0.25, 0.3) is 5.91 Å². The van der Waals surface area contributed by atoms with E-state index < -0.39 is 56.4 Å². The first kappa shape index (κ1) is 42.2. The molecule has 1 amide bonds. The molecule has 3 N–H and O–H groups in total. The molecule has 53 heavy (non-hydrogen) atoms. The van der Waals surface area contributed by atoms with Crippen molar-refractivity contribution in [2.45, 2.75) is 44.4 Å². The molecule has 0 saturated carbocycles. The summed E-state index contributed by atoms with van der Waals surface area (Å²) in [5.41, 5.74) is 7.49. The minimum atomic E-state index is -5.64. The maximum Gasteiger partial charge on any atom is 0.313 e. The summed E-state index contributed by atoms with van der Waals surface area (Å²) >= 11 is 1.62. The van der Waals surface area contributed by atoms with E-state index >= 15 is 0 Å². The number of amides is 1. The van der Waals surface area contributed by atoms with Crippen LogP contribution in [0.5, 0.6) is 5.75 Å². The molecule has 0 aliphatic carbocycles. The second-order valence-corrected chi connectivity index (χ2v) is 14.5. The van der Waals surface area contributed by atoms with Crippen LogP contribution in [-0.4, -0.2) is 113 Å². The number of hydroxylamine groups is 2. The van der Waals surface area contributed by atoms with E-state index in [-0.39, 0.29) is 38.8 Å². The molecule has 3 heterocycles. The van der Waals surface area contributed by atoms with Crippen molar-refractivity contribution < 1.29 is 63.9 Å². The third kappa shape index (κ3) is 11.7. The third-order valence-corrected chi connectivity index (χ3v) is 9.84. The first-order chi connectivity index (χ1) is 25.2. The molecule has 0 unspecified atom stereocenters. The molecule has 2 aliphatic heterocycles. The van der Waals surface area contributed by atoms with Crippen molar-refractivity contribution in [3.05, 3.63) is 44.7 Å². The van der Waals surface area contributed by atoms with E-state index in [1.165, 1.54) is 9.94 Å². The predicted molar refractivity (Wildman–Crippen MR) is 184 cm³/mol. The van der Waals surface area contributed by atoms with Crippen molar-refractivity contribution in [2.75, 3.05) is 72.4 Å². The highest BCUT2D eigenvalue weighted by molar-refractivity contribution is 7.85. The van der Waals surface area contributed by atoms with Crippen LogP contribution in [0.15, 0.2) is 21.5 Å². The molecule has 4 rings (SSSR count). The lowest BCUT2D eigenvalue weighted by molar-refractivity contribution is -0.180. The molecule has 1 aromatic heterocycles. The average molecular weight is 795 g/mol. The van der Waals surface area contributed by atoms with Gasteiger partial charge in [0, 0.05) is 43.1 Å². The molecule has 0 spiro atoms. The smallest absolute Gasteiger partial charge is 0.313 e. The first-order valence-corrected chi connectivity index (χ1v) is 19.1. The molecule has 0 bridgehead atoms. The Morgan fingerprint density at radius 3 is 2.23 bits per heavy atom. The van der Waals surface area contributed by atoms with Gasteiger partial charge in [-0.1, -0.05) is 6.92 Å². The van der Waals surface area contributed by atoms with Crippen molar-refractivity contribution >= 4 is 50.9 Å². The van der Waals surface area contributed by atoms with Crippen LogP contribution in [0.1, 0.15) is 42.9 Å². The number of thiophene rings is 1. The number of benzene rings is 1. The highest BCUT2D eigenvalue weighted by atomic mass is 32.2. The fourth-order valence-corrected chi connectivity index (χ4v) is 7.27. The lowest BCUT2D eigenvalue weighted by atomic mass is 9.95. The third-order valence-electron chi connectivity index (χ3n) is 7.87. The Morgan fingerprint density at radius 2 is 1.62 bits per heavy atom. The van der Waals surface area contributed by atoms with E-state index in [1.54, 1.807) is 11.3 Å². The molecule has 14 nitrogen and oxygen atoms in total. The zero-order valence-corrected chi connectivity index (χ0v) is 30.8. The maximum absolute atomic E-state index is 14.0. The fourth-order valence-electron chi connectivity index (χ4n) is 5.45. The summed E-state index contributed by atoms with van der Waals surface area (Å²) in [7, 11) is -5.64. The van der Waals surface area contributed by atoms with E-state index in [9.17, 15) is 35.6 Å². The van der Waals surface area contributed by atoms with Gasteiger partial charge in [-0.25, -0.2) is 18.8 Å². The number of amidine groups is 1. The quantitative estimate of drug-likeness (QED) is 0.0353. The van der Waals surface area contributed by atoms with Gasteiger partial charge in [0.15, 0.2) is 16.5 Å². The highest BCUT2D eigenvalue weighted by Gasteiger charge is 2.34. The average Bonchev–Trinajstić information content (AvgIpc) is 3.37. The zero-order valence-electron chi connectivity index (χ0n) is 29.2. The van der Waals surface area contributed by atoms with Crippen LogP contribution in [0.2, 0.25) is 0 Å². The van der Waals surface area contributed by atoms with Gasteiger partial charge < -0.3 is 29.6 Å². The number of halogens is 4. The molecule has 1 aromatic carbocycles. The second kappa shape index (κ2) is 19.7. The molecule has 20 heteroatoms. The molecule has 0 radical (unpaired) electrons. The van der Waals surface area contributed by atoms with E-state index in [0.717, 1.165) is 43.0 Å². The summed E-state index contributed by atoms with van der Waals surface area (Å²) in [5, 5.41) is 1.39. The van der Waals surface area contributed by atoms with Crippen LogP contribution in [0.4, 0.5) is 23.2 Å². The molecular weight excluding hydrogens is 753 g/mol. The van der Waals surface area contributed by atoms with Crippen LogP contribution < -0.4 is 10.5 Å². The number of hydrogen-bond donors (Lipinski definition) is 2.